The Hall–Kier alpha value is -2.69. The molecule has 0 radical (unpaired) electrons. The number of nitrogens with zero attached hydrogens (tertiary/aromatic N) is 1. The second-order valence-corrected chi connectivity index (χ2v) is 6.72. The minimum Gasteiger partial charge on any atom is -0.448 e. The number of para-hydroxylation sites is 1. The van der Waals surface area contributed by atoms with Crippen LogP contribution in [0.25, 0.3) is 0 Å². The number of carbonyl (C=O) groups excluding carboxylic acids is 1. The van der Waals surface area contributed by atoms with Gasteiger partial charge in [-0.15, -0.1) is 0 Å². The molecule has 1 fully saturated rings. The summed E-state index contributed by atoms with van der Waals surface area (Å²) in [5, 5.41) is 2.94. The molecule has 2 aromatic rings. The summed E-state index contributed by atoms with van der Waals surface area (Å²) in [5.41, 5.74) is 1.73. The van der Waals surface area contributed by atoms with E-state index in [2.05, 4.69) is 5.32 Å². The molecule has 0 unspecified atom stereocenters. The number of nitrogens with one attached hydrogen (secondary N) is 1. The molecule has 1 N–H and O–H groups in total. The van der Waals surface area contributed by atoms with E-state index in [9.17, 15) is 4.79 Å². The average molecular weight is 338 g/mol. The predicted molar refractivity (Wildman–Crippen MR) is 97.2 cm³/mol. The van der Waals surface area contributed by atoms with Crippen LogP contribution in [0, 0.1) is 0 Å². The van der Waals surface area contributed by atoms with Crippen molar-refractivity contribution in [3.05, 3.63) is 48.5 Å². The Bertz CT molecular complexity index is 770. The van der Waals surface area contributed by atoms with Gasteiger partial charge >= 0.3 is 0 Å². The van der Waals surface area contributed by atoms with Gasteiger partial charge in [-0.1, -0.05) is 18.2 Å². The predicted octanol–water partition coefficient (Wildman–Crippen LogP) is 3.80. The van der Waals surface area contributed by atoms with Crippen molar-refractivity contribution in [3.8, 4) is 11.5 Å². The van der Waals surface area contributed by atoms with Crippen LogP contribution >= 0.6 is 0 Å². The van der Waals surface area contributed by atoms with Crippen LogP contribution in [-0.2, 0) is 4.79 Å². The van der Waals surface area contributed by atoms with E-state index in [0.717, 1.165) is 48.6 Å². The average Bonchev–Trinajstić information content (AvgIpc) is 3.21. The van der Waals surface area contributed by atoms with Crippen molar-refractivity contribution in [1.82, 2.24) is 0 Å². The smallest absolute Gasteiger partial charge is 0.251 e. The fourth-order valence-corrected chi connectivity index (χ4v) is 3.48. The van der Waals surface area contributed by atoms with Crippen molar-refractivity contribution >= 4 is 17.3 Å². The van der Waals surface area contributed by atoms with Crippen LogP contribution in [0.3, 0.4) is 0 Å². The van der Waals surface area contributed by atoms with Crippen LogP contribution in [0.4, 0.5) is 11.4 Å². The Kier molecular flexibility index (Phi) is 3.99. The second kappa shape index (κ2) is 6.31. The van der Waals surface area contributed by atoms with Crippen molar-refractivity contribution in [2.24, 2.45) is 0 Å². The van der Waals surface area contributed by atoms with Crippen LogP contribution in [-0.4, -0.2) is 25.3 Å². The summed E-state index contributed by atoms with van der Waals surface area (Å²) in [7, 11) is 1.90. The zero-order valence-corrected chi connectivity index (χ0v) is 14.3. The molecule has 1 heterocycles. The van der Waals surface area contributed by atoms with Gasteiger partial charge in [0.1, 0.15) is 0 Å². The summed E-state index contributed by atoms with van der Waals surface area (Å²) in [6, 6.07) is 15.4. The first kappa shape index (κ1) is 15.8. The second-order valence-electron chi connectivity index (χ2n) is 6.72. The topological polar surface area (TPSA) is 50.8 Å². The Morgan fingerprint density at radius 2 is 1.80 bits per heavy atom. The first-order valence-electron chi connectivity index (χ1n) is 8.72. The number of ether oxygens (including phenoxy) is 2. The van der Waals surface area contributed by atoms with Crippen molar-refractivity contribution in [3.63, 3.8) is 0 Å². The summed E-state index contributed by atoms with van der Waals surface area (Å²) >= 11 is 0. The number of carbonyl (C=O) groups is 1. The molecule has 1 aliphatic carbocycles. The van der Waals surface area contributed by atoms with Gasteiger partial charge < -0.3 is 19.7 Å². The summed E-state index contributed by atoms with van der Waals surface area (Å²) in [6.07, 6.45) is 4.10. The van der Waals surface area contributed by atoms with Crippen molar-refractivity contribution in [2.45, 2.75) is 31.5 Å². The van der Waals surface area contributed by atoms with E-state index < -0.39 is 5.79 Å². The number of amides is 1. The van der Waals surface area contributed by atoms with Crippen LogP contribution in [0.15, 0.2) is 48.5 Å². The van der Waals surface area contributed by atoms with Gasteiger partial charge in [0.15, 0.2) is 11.5 Å². The van der Waals surface area contributed by atoms with Crippen LogP contribution in [0.5, 0.6) is 11.5 Å². The maximum atomic E-state index is 12.3. The third-order valence-corrected chi connectivity index (χ3v) is 4.76. The molecule has 1 amide bonds. The third kappa shape index (κ3) is 3.27. The van der Waals surface area contributed by atoms with Gasteiger partial charge in [0, 0.05) is 37.3 Å². The van der Waals surface area contributed by atoms with Crippen LogP contribution in [0.2, 0.25) is 0 Å². The minimum absolute atomic E-state index is 0.0687. The van der Waals surface area contributed by atoms with Crippen molar-refractivity contribution < 1.29 is 14.3 Å². The Balaban J connectivity index is 1.40. The highest BCUT2D eigenvalue weighted by atomic mass is 16.7. The molecule has 0 bridgehead atoms. The van der Waals surface area contributed by atoms with Gasteiger partial charge in [0.05, 0.1) is 6.54 Å². The van der Waals surface area contributed by atoms with Gasteiger partial charge in [-0.05, 0) is 37.1 Å². The van der Waals surface area contributed by atoms with Crippen molar-refractivity contribution in [1.29, 1.82) is 0 Å². The number of likely N-dealkylation sites (N-methyl/N-ethyl adjacent to an activating group) is 1. The molecular formula is C20H22N2O3. The molecule has 5 heteroatoms. The Morgan fingerprint density at radius 3 is 2.56 bits per heavy atom. The zero-order valence-electron chi connectivity index (χ0n) is 14.3. The highest BCUT2D eigenvalue weighted by molar-refractivity contribution is 5.94. The molecule has 1 saturated carbocycles. The number of hydrogen-bond donors (Lipinski definition) is 1. The quantitative estimate of drug-likeness (QED) is 0.921. The number of rotatable bonds is 4. The van der Waals surface area contributed by atoms with E-state index in [-0.39, 0.29) is 12.5 Å². The zero-order chi connectivity index (χ0) is 17.3. The molecule has 5 nitrogen and oxygen atoms in total. The molecule has 2 aliphatic rings. The lowest BCUT2D eigenvalue weighted by Crippen LogP contribution is -2.34. The van der Waals surface area contributed by atoms with Crippen LogP contribution < -0.4 is 19.7 Å². The van der Waals surface area contributed by atoms with E-state index >= 15 is 0 Å². The number of fused-ring (bicyclic) bond motifs is 1. The maximum absolute atomic E-state index is 12.3. The lowest BCUT2D eigenvalue weighted by Gasteiger charge is -2.21. The minimum atomic E-state index is -0.474. The SMILES string of the molecule is CN(CC(=O)Nc1ccc2c(c1)OC1(CCCC1)O2)c1ccccc1. The molecular weight excluding hydrogens is 316 g/mol. The van der Waals surface area contributed by atoms with Gasteiger partial charge in [0.25, 0.3) is 5.79 Å². The van der Waals surface area contributed by atoms with E-state index in [4.69, 9.17) is 9.47 Å². The van der Waals surface area contributed by atoms with Gasteiger partial charge in [0.2, 0.25) is 5.91 Å². The molecule has 1 aliphatic heterocycles. The van der Waals surface area contributed by atoms with Gasteiger partial charge in [-0.2, -0.15) is 0 Å². The molecule has 2 aromatic carbocycles. The Morgan fingerprint density at radius 1 is 1.08 bits per heavy atom. The summed E-state index contributed by atoms with van der Waals surface area (Å²) in [5.74, 6) is 0.941. The monoisotopic (exact) mass is 338 g/mol. The van der Waals surface area contributed by atoms with E-state index in [0.29, 0.717) is 0 Å². The molecule has 0 atom stereocenters. The molecule has 1 spiro atoms. The fraction of sp³-hybridized carbons (Fsp3) is 0.350. The Labute approximate surface area is 147 Å². The van der Waals surface area contributed by atoms with Crippen molar-refractivity contribution in [2.75, 3.05) is 23.8 Å². The summed E-state index contributed by atoms with van der Waals surface area (Å²) in [6.45, 7) is 0.280. The van der Waals surface area contributed by atoms with E-state index in [1.807, 2.05) is 60.5 Å². The maximum Gasteiger partial charge on any atom is 0.251 e. The third-order valence-electron chi connectivity index (χ3n) is 4.76. The van der Waals surface area contributed by atoms with Gasteiger partial charge in [-0.25, -0.2) is 0 Å². The molecule has 25 heavy (non-hydrogen) atoms. The first-order chi connectivity index (χ1) is 12.1. The molecule has 130 valence electrons. The molecule has 0 aromatic heterocycles. The number of benzene rings is 2. The van der Waals surface area contributed by atoms with E-state index in [1.54, 1.807) is 0 Å². The molecule has 0 saturated heterocycles. The fourth-order valence-electron chi connectivity index (χ4n) is 3.48. The van der Waals surface area contributed by atoms with Crippen LogP contribution in [0.1, 0.15) is 25.7 Å². The lowest BCUT2D eigenvalue weighted by atomic mass is 10.2. The standard InChI is InChI=1S/C20H22N2O3/c1-22(16-7-3-2-4-8-16)14-19(23)21-15-9-10-17-18(13-15)25-20(24-17)11-5-6-12-20/h2-4,7-10,13H,5-6,11-12,14H2,1H3,(H,21,23). The van der Waals surface area contributed by atoms with Gasteiger partial charge in [-0.3, -0.25) is 4.79 Å². The normalized spacial score (nSPS) is 16.8. The summed E-state index contributed by atoms with van der Waals surface area (Å²) in [4.78, 5) is 14.2. The summed E-state index contributed by atoms with van der Waals surface area (Å²) < 4.78 is 12.0. The lowest BCUT2D eigenvalue weighted by molar-refractivity contribution is -0.114. The van der Waals surface area contributed by atoms with E-state index in [1.165, 1.54) is 0 Å². The highest BCUT2D eigenvalue weighted by Crippen LogP contribution is 2.47. The highest BCUT2D eigenvalue weighted by Gasteiger charge is 2.44. The number of hydrogen-bond acceptors (Lipinski definition) is 4. The molecule has 4 rings (SSSR count). The first-order valence-corrected chi connectivity index (χ1v) is 8.72. The largest absolute Gasteiger partial charge is 0.448 e. The number of anilines is 2.